The van der Waals surface area contributed by atoms with Crippen LogP contribution in [0.5, 0.6) is 17.2 Å². The molecule has 2 aromatic carbocycles. The molecular formula is C23H29ClN2O4. The highest BCUT2D eigenvalue weighted by Crippen LogP contribution is 2.38. The molecule has 0 saturated carbocycles. The molecule has 6 nitrogen and oxygen atoms in total. The van der Waals surface area contributed by atoms with Crippen molar-refractivity contribution in [2.45, 2.75) is 31.8 Å². The van der Waals surface area contributed by atoms with E-state index in [2.05, 4.69) is 22.3 Å². The Morgan fingerprint density at radius 2 is 1.60 bits per heavy atom. The number of likely N-dealkylation sites (tertiary alicyclic amines) is 1. The lowest BCUT2D eigenvalue weighted by Crippen LogP contribution is -2.44. The number of ether oxygens (including phenoxy) is 3. The van der Waals surface area contributed by atoms with Crippen LogP contribution in [-0.4, -0.2) is 51.3 Å². The van der Waals surface area contributed by atoms with Crippen LogP contribution in [0.15, 0.2) is 36.4 Å². The average Bonchev–Trinajstić information content (AvgIpc) is 2.75. The molecule has 1 N–H and O–H groups in total. The van der Waals surface area contributed by atoms with E-state index in [0.29, 0.717) is 17.2 Å². The van der Waals surface area contributed by atoms with Gasteiger partial charge in [0.25, 0.3) is 0 Å². The van der Waals surface area contributed by atoms with E-state index in [1.165, 1.54) is 5.56 Å². The number of piperidine rings is 1. The summed E-state index contributed by atoms with van der Waals surface area (Å²) < 4.78 is 16.1. The van der Waals surface area contributed by atoms with Crippen molar-refractivity contribution < 1.29 is 19.0 Å². The maximum Gasteiger partial charge on any atom is 0.224 e. The van der Waals surface area contributed by atoms with Gasteiger partial charge in [-0.15, -0.1) is 0 Å². The number of hydrogen-bond donors (Lipinski definition) is 1. The Balaban J connectivity index is 1.51. The first-order chi connectivity index (χ1) is 14.5. The summed E-state index contributed by atoms with van der Waals surface area (Å²) in [5.74, 6) is 1.63. The highest BCUT2D eigenvalue weighted by atomic mass is 35.5. The summed E-state index contributed by atoms with van der Waals surface area (Å²) in [6.07, 6.45) is 2.14. The molecule has 2 aromatic rings. The first-order valence-corrected chi connectivity index (χ1v) is 10.4. The molecule has 0 bridgehead atoms. The number of nitrogens with one attached hydrogen (secondary N) is 1. The van der Waals surface area contributed by atoms with Gasteiger partial charge in [0.2, 0.25) is 11.7 Å². The molecule has 30 heavy (non-hydrogen) atoms. The van der Waals surface area contributed by atoms with Crippen molar-refractivity contribution in [3.63, 3.8) is 0 Å². The van der Waals surface area contributed by atoms with Gasteiger partial charge in [0, 0.05) is 30.7 Å². The standard InChI is InChI=1S/C23H29ClN2O4/c1-28-20-12-17(13-21(29-2)23(20)30-3)14-22(27)25-19-8-10-26(11-9-19)15-16-4-6-18(24)7-5-16/h4-7,12-13,19H,8-11,14-15H2,1-3H3,(H,25,27). The molecule has 0 spiro atoms. The zero-order valence-corrected chi connectivity index (χ0v) is 18.5. The highest BCUT2D eigenvalue weighted by molar-refractivity contribution is 6.30. The number of benzene rings is 2. The molecular weight excluding hydrogens is 404 g/mol. The van der Waals surface area contributed by atoms with Crippen LogP contribution in [0.3, 0.4) is 0 Å². The second-order valence-corrected chi connectivity index (χ2v) is 7.89. The van der Waals surface area contributed by atoms with Crippen LogP contribution >= 0.6 is 11.6 Å². The number of amides is 1. The van der Waals surface area contributed by atoms with Crippen molar-refractivity contribution in [2.75, 3.05) is 34.4 Å². The Labute approximate surface area is 183 Å². The molecule has 1 saturated heterocycles. The largest absolute Gasteiger partial charge is 0.493 e. The van der Waals surface area contributed by atoms with E-state index >= 15 is 0 Å². The van der Waals surface area contributed by atoms with Gasteiger partial charge in [0.05, 0.1) is 27.8 Å². The summed E-state index contributed by atoms with van der Waals surface area (Å²) >= 11 is 5.95. The van der Waals surface area contributed by atoms with Gasteiger partial charge in [-0.2, -0.15) is 0 Å². The van der Waals surface area contributed by atoms with Gasteiger partial charge in [-0.05, 0) is 48.2 Å². The lowest BCUT2D eigenvalue weighted by atomic mass is 10.0. The van der Waals surface area contributed by atoms with E-state index in [1.54, 1.807) is 21.3 Å². The molecule has 1 fully saturated rings. The number of rotatable bonds is 8. The molecule has 1 heterocycles. The highest BCUT2D eigenvalue weighted by Gasteiger charge is 2.21. The minimum Gasteiger partial charge on any atom is -0.493 e. The van der Waals surface area contributed by atoms with Crippen LogP contribution in [0.4, 0.5) is 0 Å². The van der Waals surface area contributed by atoms with Crippen molar-refractivity contribution in [3.8, 4) is 17.2 Å². The number of nitrogens with zero attached hydrogens (tertiary/aromatic N) is 1. The van der Waals surface area contributed by atoms with Gasteiger partial charge < -0.3 is 19.5 Å². The molecule has 1 aliphatic rings. The maximum atomic E-state index is 12.6. The second-order valence-electron chi connectivity index (χ2n) is 7.45. The minimum absolute atomic E-state index is 0.000393. The number of hydrogen-bond acceptors (Lipinski definition) is 5. The summed E-state index contributed by atoms with van der Waals surface area (Å²) in [4.78, 5) is 15.0. The van der Waals surface area contributed by atoms with Gasteiger partial charge in [-0.1, -0.05) is 23.7 Å². The van der Waals surface area contributed by atoms with E-state index in [9.17, 15) is 4.79 Å². The van der Waals surface area contributed by atoms with Gasteiger partial charge in [0.1, 0.15) is 0 Å². The molecule has 0 unspecified atom stereocenters. The predicted molar refractivity (Wildman–Crippen MR) is 118 cm³/mol. The molecule has 162 valence electrons. The number of methoxy groups -OCH3 is 3. The number of carbonyl (C=O) groups is 1. The maximum absolute atomic E-state index is 12.6. The topological polar surface area (TPSA) is 60.0 Å². The Hall–Kier alpha value is -2.44. The van der Waals surface area contributed by atoms with Crippen molar-refractivity contribution in [1.29, 1.82) is 0 Å². The lowest BCUT2D eigenvalue weighted by Gasteiger charge is -2.32. The van der Waals surface area contributed by atoms with Crippen LogP contribution in [-0.2, 0) is 17.8 Å². The van der Waals surface area contributed by atoms with E-state index in [4.69, 9.17) is 25.8 Å². The minimum atomic E-state index is 0.000393. The predicted octanol–water partition coefficient (Wildman–Crippen LogP) is 3.69. The monoisotopic (exact) mass is 432 g/mol. The van der Waals surface area contributed by atoms with E-state index < -0.39 is 0 Å². The SMILES string of the molecule is COc1cc(CC(=O)NC2CCN(Cc3ccc(Cl)cc3)CC2)cc(OC)c1OC. The first-order valence-electron chi connectivity index (χ1n) is 10.1. The fourth-order valence-corrected chi connectivity index (χ4v) is 3.91. The lowest BCUT2D eigenvalue weighted by molar-refractivity contribution is -0.121. The second kappa shape index (κ2) is 10.5. The van der Waals surface area contributed by atoms with Gasteiger partial charge in [-0.3, -0.25) is 9.69 Å². The zero-order chi connectivity index (χ0) is 21.5. The molecule has 0 radical (unpaired) electrons. The Kier molecular flexibility index (Phi) is 7.82. The fraction of sp³-hybridized carbons (Fsp3) is 0.435. The van der Waals surface area contributed by atoms with E-state index in [1.807, 2.05) is 24.3 Å². The third kappa shape index (κ3) is 5.80. The van der Waals surface area contributed by atoms with Gasteiger partial charge in [0.15, 0.2) is 11.5 Å². The molecule has 0 aromatic heterocycles. The van der Waals surface area contributed by atoms with Crippen LogP contribution in [0.1, 0.15) is 24.0 Å². The number of halogens is 1. The fourth-order valence-electron chi connectivity index (χ4n) is 3.78. The van der Waals surface area contributed by atoms with Gasteiger partial charge >= 0.3 is 0 Å². The molecule has 0 atom stereocenters. The Bertz CT molecular complexity index is 824. The molecule has 7 heteroatoms. The van der Waals surface area contributed by atoms with Crippen molar-refractivity contribution in [3.05, 3.63) is 52.5 Å². The summed E-state index contributed by atoms with van der Waals surface area (Å²) in [5, 5.41) is 3.92. The third-order valence-corrected chi connectivity index (χ3v) is 5.61. The molecule has 0 aliphatic carbocycles. The first kappa shape index (κ1) is 22.2. The van der Waals surface area contributed by atoms with Crippen LogP contribution in [0, 0.1) is 0 Å². The van der Waals surface area contributed by atoms with E-state index in [0.717, 1.165) is 43.1 Å². The van der Waals surface area contributed by atoms with Crippen molar-refractivity contribution >= 4 is 17.5 Å². The van der Waals surface area contributed by atoms with Crippen molar-refractivity contribution in [1.82, 2.24) is 10.2 Å². The molecule has 1 aliphatic heterocycles. The third-order valence-electron chi connectivity index (χ3n) is 5.36. The van der Waals surface area contributed by atoms with Crippen LogP contribution in [0.25, 0.3) is 0 Å². The van der Waals surface area contributed by atoms with E-state index in [-0.39, 0.29) is 18.4 Å². The summed E-state index contributed by atoms with van der Waals surface area (Å²) in [5.41, 5.74) is 2.08. The Morgan fingerprint density at radius 1 is 1.00 bits per heavy atom. The van der Waals surface area contributed by atoms with Crippen LogP contribution < -0.4 is 19.5 Å². The normalized spacial score (nSPS) is 14.9. The molecule has 3 rings (SSSR count). The van der Waals surface area contributed by atoms with Crippen molar-refractivity contribution in [2.24, 2.45) is 0 Å². The zero-order valence-electron chi connectivity index (χ0n) is 17.7. The smallest absolute Gasteiger partial charge is 0.224 e. The summed E-state index contributed by atoms with van der Waals surface area (Å²) in [6.45, 7) is 2.82. The number of carbonyl (C=O) groups excluding carboxylic acids is 1. The Morgan fingerprint density at radius 3 is 2.13 bits per heavy atom. The van der Waals surface area contributed by atoms with Crippen LogP contribution in [0.2, 0.25) is 5.02 Å². The quantitative estimate of drug-likeness (QED) is 0.689. The average molecular weight is 433 g/mol. The van der Waals surface area contributed by atoms with Gasteiger partial charge in [-0.25, -0.2) is 0 Å². The molecule has 1 amide bonds. The summed E-state index contributed by atoms with van der Waals surface area (Å²) in [7, 11) is 4.70. The summed E-state index contributed by atoms with van der Waals surface area (Å²) in [6, 6.07) is 11.8.